The zero-order chi connectivity index (χ0) is 18.5. The fourth-order valence-corrected chi connectivity index (χ4v) is 3.72. The van der Waals surface area contributed by atoms with Gasteiger partial charge in [-0.1, -0.05) is 18.2 Å². The minimum atomic E-state index is 0.0445. The lowest BCUT2D eigenvalue weighted by Crippen LogP contribution is -3.11. The van der Waals surface area contributed by atoms with Gasteiger partial charge in [0.15, 0.2) is 6.54 Å². The Hall–Kier alpha value is -2.53. The van der Waals surface area contributed by atoms with Gasteiger partial charge in [-0.2, -0.15) is 0 Å². The number of hydrogen-bond donors (Lipinski definition) is 2. The molecule has 1 amide bonds. The van der Waals surface area contributed by atoms with E-state index in [1.54, 1.807) is 14.2 Å². The van der Waals surface area contributed by atoms with Gasteiger partial charge in [-0.3, -0.25) is 4.79 Å². The summed E-state index contributed by atoms with van der Waals surface area (Å²) in [4.78, 5) is 13.9. The number of ether oxygens (including phenoxy) is 2. The Morgan fingerprint density at radius 2 is 2.00 bits per heavy atom. The Morgan fingerprint density at radius 3 is 2.73 bits per heavy atom. The Balaban J connectivity index is 1.74. The molecule has 2 aromatic carbocycles. The number of likely N-dealkylation sites (tertiary alicyclic amines) is 1. The maximum Gasteiger partial charge on any atom is 0.279 e. The molecule has 1 saturated heterocycles. The van der Waals surface area contributed by atoms with E-state index in [9.17, 15) is 4.79 Å². The summed E-state index contributed by atoms with van der Waals surface area (Å²) in [6.45, 7) is 3.42. The maximum atomic E-state index is 12.6. The largest absolute Gasteiger partial charge is 0.497 e. The standard InChI is InChI=1S/C21H26N2O3/c1-15-7-4-5-8-18(15)22-21(24)14-23-12-6-9-19(23)17-13-16(25-2)10-11-20(17)26-3/h4-5,7-8,10-11,13,19H,6,9,12,14H2,1-3H3,(H,22,24)/p+1/t19-/m1/s1. The molecule has 0 saturated carbocycles. The van der Waals surface area contributed by atoms with E-state index in [1.807, 2.05) is 49.4 Å². The molecule has 1 fully saturated rings. The zero-order valence-corrected chi connectivity index (χ0v) is 15.7. The van der Waals surface area contributed by atoms with Crippen molar-refractivity contribution < 1.29 is 19.2 Å². The molecule has 2 aromatic rings. The highest BCUT2D eigenvalue weighted by molar-refractivity contribution is 5.92. The van der Waals surface area contributed by atoms with Crippen LogP contribution in [0.1, 0.15) is 30.0 Å². The van der Waals surface area contributed by atoms with Crippen LogP contribution in [-0.2, 0) is 4.79 Å². The summed E-state index contributed by atoms with van der Waals surface area (Å²) in [5.41, 5.74) is 3.07. The van der Waals surface area contributed by atoms with Gasteiger partial charge in [0.1, 0.15) is 17.5 Å². The molecule has 5 heteroatoms. The van der Waals surface area contributed by atoms with Crippen LogP contribution in [0.2, 0.25) is 0 Å². The number of nitrogens with one attached hydrogen (secondary N) is 2. The van der Waals surface area contributed by atoms with Crippen molar-refractivity contribution in [1.82, 2.24) is 0 Å². The Labute approximate surface area is 154 Å². The molecule has 1 unspecified atom stereocenters. The van der Waals surface area contributed by atoms with Crippen molar-refractivity contribution in [3.8, 4) is 11.5 Å². The number of carbonyl (C=O) groups excluding carboxylic acids is 1. The lowest BCUT2D eigenvalue weighted by molar-refractivity contribution is -0.910. The average Bonchev–Trinajstić information content (AvgIpc) is 3.10. The number of para-hydroxylation sites is 1. The summed E-state index contributed by atoms with van der Waals surface area (Å²) in [5.74, 6) is 1.72. The average molecular weight is 355 g/mol. The van der Waals surface area contributed by atoms with Crippen molar-refractivity contribution in [3.05, 3.63) is 53.6 Å². The van der Waals surface area contributed by atoms with Crippen molar-refractivity contribution >= 4 is 11.6 Å². The molecular formula is C21H27N2O3+. The fraction of sp³-hybridized carbons (Fsp3) is 0.381. The van der Waals surface area contributed by atoms with Crippen LogP contribution in [-0.4, -0.2) is 33.2 Å². The number of carbonyl (C=O) groups is 1. The SMILES string of the molecule is COc1ccc(OC)c([C@H]2CCC[NH+]2CC(=O)Nc2ccccc2C)c1. The predicted octanol–water partition coefficient (Wildman–Crippen LogP) is 2.37. The van der Waals surface area contributed by atoms with E-state index < -0.39 is 0 Å². The summed E-state index contributed by atoms with van der Waals surface area (Å²) in [7, 11) is 3.35. The summed E-state index contributed by atoms with van der Waals surface area (Å²) in [6.07, 6.45) is 2.13. The van der Waals surface area contributed by atoms with Gasteiger partial charge in [-0.25, -0.2) is 0 Å². The molecule has 3 rings (SSSR count). The monoisotopic (exact) mass is 355 g/mol. The van der Waals surface area contributed by atoms with Gasteiger partial charge in [0.2, 0.25) is 0 Å². The molecule has 138 valence electrons. The molecule has 0 bridgehead atoms. The lowest BCUT2D eigenvalue weighted by atomic mass is 10.0. The van der Waals surface area contributed by atoms with E-state index >= 15 is 0 Å². The number of amides is 1. The predicted molar refractivity (Wildman–Crippen MR) is 102 cm³/mol. The molecule has 0 aromatic heterocycles. The third-order valence-corrected chi connectivity index (χ3v) is 5.10. The van der Waals surface area contributed by atoms with E-state index in [0.717, 1.165) is 47.7 Å². The van der Waals surface area contributed by atoms with E-state index in [0.29, 0.717) is 6.54 Å². The highest BCUT2D eigenvalue weighted by atomic mass is 16.5. The van der Waals surface area contributed by atoms with Crippen LogP contribution in [0.4, 0.5) is 5.69 Å². The second-order valence-corrected chi connectivity index (χ2v) is 6.75. The van der Waals surface area contributed by atoms with Gasteiger partial charge in [-0.15, -0.1) is 0 Å². The zero-order valence-electron chi connectivity index (χ0n) is 15.7. The number of rotatable bonds is 6. The number of anilines is 1. The van der Waals surface area contributed by atoms with E-state index in [-0.39, 0.29) is 11.9 Å². The summed E-state index contributed by atoms with van der Waals surface area (Å²) in [5, 5.41) is 3.04. The van der Waals surface area contributed by atoms with Crippen LogP contribution in [0.15, 0.2) is 42.5 Å². The summed E-state index contributed by atoms with van der Waals surface area (Å²) < 4.78 is 10.9. The van der Waals surface area contributed by atoms with Gasteiger partial charge in [0, 0.05) is 18.5 Å². The topological polar surface area (TPSA) is 52.0 Å². The molecule has 1 aliphatic rings. The van der Waals surface area contributed by atoms with E-state index in [1.165, 1.54) is 4.90 Å². The number of quaternary nitrogens is 1. The summed E-state index contributed by atoms with van der Waals surface area (Å²) >= 11 is 0. The van der Waals surface area contributed by atoms with Gasteiger partial charge < -0.3 is 19.7 Å². The molecule has 5 nitrogen and oxygen atoms in total. The van der Waals surface area contributed by atoms with Gasteiger partial charge in [0.05, 0.1) is 26.3 Å². The van der Waals surface area contributed by atoms with Gasteiger partial charge in [-0.05, 0) is 36.8 Å². The minimum absolute atomic E-state index is 0.0445. The number of benzene rings is 2. The second kappa shape index (κ2) is 8.23. The number of hydrogen-bond acceptors (Lipinski definition) is 3. The first-order valence-corrected chi connectivity index (χ1v) is 9.04. The van der Waals surface area contributed by atoms with Crippen LogP contribution in [0.3, 0.4) is 0 Å². The van der Waals surface area contributed by atoms with E-state index in [2.05, 4.69) is 5.32 Å². The lowest BCUT2D eigenvalue weighted by Gasteiger charge is -2.23. The molecule has 2 N–H and O–H groups in total. The van der Waals surface area contributed by atoms with Crippen LogP contribution < -0.4 is 19.7 Å². The first-order chi connectivity index (χ1) is 12.6. The van der Waals surface area contributed by atoms with Crippen LogP contribution in [0.5, 0.6) is 11.5 Å². The third-order valence-electron chi connectivity index (χ3n) is 5.10. The smallest absolute Gasteiger partial charge is 0.279 e. The Bertz CT molecular complexity index is 776. The molecule has 26 heavy (non-hydrogen) atoms. The quantitative estimate of drug-likeness (QED) is 0.836. The van der Waals surface area contributed by atoms with Crippen molar-refractivity contribution in [1.29, 1.82) is 0 Å². The van der Waals surface area contributed by atoms with Crippen molar-refractivity contribution in [2.24, 2.45) is 0 Å². The molecule has 1 heterocycles. The fourth-order valence-electron chi connectivity index (χ4n) is 3.72. The maximum absolute atomic E-state index is 12.6. The van der Waals surface area contributed by atoms with E-state index in [4.69, 9.17) is 9.47 Å². The molecule has 0 aliphatic carbocycles. The van der Waals surface area contributed by atoms with Crippen molar-refractivity contribution in [2.45, 2.75) is 25.8 Å². The third kappa shape index (κ3) is 3.99. The molecular weight excluding hydrogens is 328 g/mol. The highest BCUT2D eigenvalue weighted by Gasteiger charge is 2.34. The van der Waals surface area contributed by atoms with Crippen LogP contribution in [0.25, 0.3) is 0 Å². The van der Waals surface area contributed by atoms with Crippen LogP contribution >= 0.6 is 0 Å². The molecule has 0 spiro atoms. The van der Waals surface area contributed by atoms with Gasteiger partial charge in [0.25, 0.3) is 5.91 Å². The first-order valence-electron chi connectivity index (χ1n) is 9.04. The minimum Gasteiger partial charge on any atom is -0.497 e. The van der Waals surface area contributed by atoms with Crippen molar-refractivity contribution in [2.75, 3.05) is 32.6 Å². The number of aryl methyl sites for hydroxylation is 1. The molecule has 1 aliphatic heterocycles. The Kier molecular flexibility index (Phi) is 5.78. The molecule has 2 atom stereocenters. The number of methoxy groups -OCH3 is 2. The Morgan fingerprint density at radius 1 is 1.19 bits per heavy atom. The first kappa shape index (κ1) is 18.3. The normalized spacial score (nSPS) is 19.2. The van der Waals surface area contributed by atoms with Crippen LogP contribution in [0, 0.1) is 6.92 Å². The van der Waals surface area contributed by atoms with Crippen molar-refractivity contribution in [3.63, 3.8) is 0 Å². The van der Waals surface area contributed by atoms with Gasteiger partial charge >= 0.3 is 0 Å². The molecule has 0 radical (unpaired) electrons. The second-order valence-electron chi connectivity index (χ2n) is 6.75. The summed E-state index contributed by atoms with van der Waals surface area (Å²) in [6, 6.07) is 14.0. The highest BCUT2D eigenvalue weighted by Crippen LogP contribution is 2.31.